The number of piperazine rings is 1. The average molecular weight is 432 g/mol. The number of methoxy groups -OCH3 is 1. The van der Waals surface area contributed by atoms with Crippen molar-refractivity contribution in [3.05, 3.63) is 59.2 Å². The number of likely N-dealkylation sites (N-methyl/N-ethyl adjacent to an activating group) is 1. The lowest BCUT2D eigenvalue weighted by atomic mass is 10.1. The van der Waals surface area contributed by atoms with Gasteiger partial charge in [0.1, 0.15) is 0 Å². The summed E-state index contributed by atoms with van der Waals surface area (Å²) in [6.45, 7) is 3.86. The Kier molecular flexibility index (Phi) is 6.55. The van der Waals surface area contributed by atoms with Crippen LogP contribution in [0.3, 0.4) is 0 Å². The number of aryl methyl sites for hydroxylation is 1. The predicted molar refractivity (Wildman–Crippen MR) is 113 cm³/mol. The average Bonchev–Trinajstić information content (AvgIpc) is 2.73. The molecular weight excluding hydrogens is 406 g/mol. The molecule has 160 valence electrons. The summed E-state index contributed by atoms with van der Waals surface area (Å²) in [4.78, 5) is 26.6. The number of nitrogens with one attached hydrogen (secondary N) is 1. The van der Waals surface area contributed by atoms with Crippen molar-refractivity contribution in [2.75, 3.05) is 45.7 Å². The molecule has 0 saturated carbocycles. The highest BCUT2D eigenvalue weighted by molar-refractivity contribution is 7.89. The van der Waals surface area contributed by atoms with Crippen molar-refractivity contribution in [1.29, 1.82) is 0 Å². The maximum Gasteiger partial charge on any atom is 0.337 e. The number of rotatable bonds is 5. The number of nitrogens with zero attached hydrogens (tertiary/aromatic N) is 2. The lowest BCUT2D eigenvalue weighted by Crippen LogP contribution is -2.47. The van der Waals surface area contributed by atoms with Gasteiger partial charge in [0.25, 0.3) is 5.91 Å². The molecule has 2 aromatic carbocycles. The van der Waals surface area contributed by atoms with Crippen LogP contribution in [0, 0.1) is 6.92 Å². The van der Waals surface area contributed by atoms with Crippen molar-refractivity contribution in [1.82, 2.24) is 9.21 Å². The Labute approximate surface area is 176 Å². The van der Waals surface area contributed by atoms with Crippen LogP contribution >= 0.6 is 0 Å². The van der Waals surface area contributed by atoms with E-state index < -0.39 is 21.9 Å². The van der Waals surface area contributed by atoms with E-state index in [9.17, 15) is 18.0 Å². The van der Waals surface area contributed by atoms with Crippen LogP contribution in [-0.2, 0) is 14.8 Å². The van der Waals surface area contributed by atoms with Gasteiger partial charge in [0, 0.05) is 37.4 Å². The van der Waals surface area contributed by atoms with E-state index >= 15 is 0 Å². The van der Waals surface area contributed by atoms with E-state index in [1.165, 1.54) is 23.5 Å². The minimum atomic E-state index is -3.70. The number of benzene rings is 2. The monoisotopic (exact) mass is 431 g/mol. The largest absolute Gasteiger partial charge is 0.465 e. The van der Waals surface area contributed by atoms with E-state index in [0.717, 1.165) is 0 Å². The molecule has 1 heterocycles. The van der Waals surface area contributed by atoms with E-state index in [1.54, 1.807) is 37.3 Å². The summed E-state index contributed by atoms with van der Waals surface area (Å²) in [7, 11) is -0.467. The smallest absolute Gasteiger partial charge is 0.337 e. The predicted octanol–water partition coefficient (Wildman–Crippen LogP) is 1.97. The van der Waals surface area contributed by atoms with Crippen LogP contribution in [0.2, 0.25) is 0 Å². The second-order valence-electron chi connectivity index (χ2n) is 7.21. The molecule has 30 heavy (non-hydrogen) atoms. The first-order chi connectivity index (χ1) is 14.2. The molecule has 0 aromatic heterocycles. The molecule has 3 rings (SSSR count). The maximum absolute atomic E-state index is 13.1. The Bertz CT molecular complexity index is 1060. The summed E-state index contributed by atoms with van der Waals surface area (Å²) in [6, 6.07) is 11.0. The van der Waals surface area contributed by atoms with Crippen LogP contribution in [0.15, 0.2) is 47.4 Å². The standard InChI is InChI=1S/C21H25N3O5S/c1-15-7-8-16(14-19(15)30(27,28)24-11-9-23(2)10-12-24)20(25)22-18-6-4-5-17(13-18)21(26)29-3/h4-8,13-14H,9-12H2,1-3H3,(H,22,25). The Morgan fingerprint density at radius 1 is 1.00 bits per heavy atom. The summed E-state index contributed by atoms with van der Waals surface area (Å²) >= 11 is 0. The number of esters is 1. The normalized spacial score (nSPS) is 15.6. The molecular formula is C21H25N3O5S. The van der Waals surface area contributed by atoms with Crippen LogP contribution in [0.25, 0.3) is 0 Å². The van der Waals surface area contributed by atoms with Gasteiger partial charge in [-0.2, -0.15) is 4.31 Å². The molecule has 1 saturated heterocycles. The van der Waals surface area contributed by atoms with Crippen LogP contribution in [0.4, 0.5) is 5.69 Å². The van der Waals surface area contributed by atoms with Crippen molar-refractivity contribution in [3.63, 3.8) is 0 Å². The van der Waals surface area contributed by atoms with E-state index in [1.807, 2.05) is 7.05 Å². The number of hydrogen-bond donors (Lipinski definition) is 1. The SMILES string of the molecule is COC(=O)c1cccc(NC(=O)c2ccc(C)c(S(=O)(=O)N3CCN(C)CC3)c2)c1. The first kappa shape index (κ1) is 21.9. The summed E-state index contributed by atoms with van der Waals surface area (Å²) < 4.78 is 32.4. The van der Waals surface area contributed by atoms with E-state index in [2.05, 4.69) is 15.0 Å². The van der Waals surface area contributed by atoms with Gasteiger partial charge in [0.15, 0.2) is 0 Å². The molecule has 2 aromatic rings. The number of amides is 1. The fraction of sp³-hybridized carbons (Fsp3) is 0.333. The highest BCUT2D eigenvalue weighted by Crippen LogP contribution is 2.23. The Morgan fingerprint density at radius 3 is 2.37 bits per heavy atom. The lowest BCUT2D eigenvalue weighted by Gasteiger charge is -2.32. The zero-order valence-electron chi connectivity index (χ0n) is 17.2. The van der Waals surface area contributed by atoms with Crippen LogP contribution in [-0.4, -0.2) is 69.8 Å². The fourth-order valence-electron chi connectivity index (χ4n) is 3.23. The third-order valence-corrected chi connectivity index (χ3v) is 7.11. The molecule has 1 fully saturated rings. The van der Waals surface area contributed by atoms with E-state index in [0.29, 0.717) is 43.0 Å². The molecule has 1 N–H and O–H groups in total. The molecule has 9 heteroatoms. The summed E-state index contributed by atoms with van der Waals surface area (Å²) in [6.07, 6.45) is 0. The molecule has 0 aliphatic carbocycles. The van der Waals surface area contributed by atoms with Crippen molar-refractivity contribution in [3.8, 4) is 0 Å². The van der Waals surface area contributed by atoms with Crippen LogP contribution < -0.4 is 5.32 Å². The first-order valence-electron chi connectivity index (χ1n) is 9.51. The number of sulfonamides is 1. The van der Waals surface area contributed by atoms with Gasteiger partial charge < -0.3 is 15.0 Å². The van der Waals surface area contributed by atoms with Gasteiger partial charge in [-0.1, -0.05) is 12.1 Å². The van der Waals surface area contributed by atoms with Crippen LogP contribution in [0.5, 0.6) is 0 Å². The van der Waals surface area contributed by atoms with Crippen molar-refractivity contribution < 1.29 is 22.7 Å². The second kappa shape index (κ2) is 8.95. The quantitative estimate of drug-likeness (QED) is 0.728. The maximum atomic E-state index is 13.1. The fourth-order valence-corrected chi connectivity index (χ4v) is 4.90. The van der Waals surface area contributed by atoms with Gasteiger partial charge in [-0.15, -0.1) is 0 Å². The third-order valence-electron chi connectivity index (χ3n) is 5.07. The van der Waals surface area contributed by atoms with Gasteiger partial charge in [-0.05, 0) is 49.9 Å². The molecule has 8 nitrogen and oxygen atoms in total. The molecule has 1 aliphatic rings. The van der Waals surface area contributed by atoms with Gasteiger partial charge in [0.2, 0.25) is 10.0 Å². The molecule has 1 amide bonds. The van der Waals surface area contributed by atoms with Gasteiger partial charge in [0.05, 0.1) is 17.6 Å². The van der Waals surface area contributed by atoms with Gasteiger partial charge in [-0.25, -0.2) is 13.2 Å². The van der Waals surface area contributed by atoms with Crippen LogP contribution in [0.1, 0.15) is 26.3 Å². The molecule has 0 radical (unpaired) electrons. The second-order valence-corrected chi connectivity index (χ2v) is 9.12. The van der Waals surface area contributed by atoms with Gasteiger partial charge >= 0.3 is 5.97 Å². The number of ether oxygens (including phenoxy) is 1. The number of hydrogen-bond acceptors (Lipinski definition) is 6. The topological polar surface area (TPSA) is 96.0 Å². The minimum Gasteiger partial charge on any atom is -0.465 e. The lowest BCUT2D eigenvalue weighted by molar-refractivity contribution is 0.0600. The molecule has 0 atom stereocenters. The first-order valence-corrected chi connectivity index (χ1v) is 11.0. The minimum absolute atomic E-state index is 0.128. The Balaban J connectivity index is 1.84. The summed E-state index contributed by atoms with van der Waals surface area (Å²) in [5, 5.41) is 2.70. The Hall–Kier alpha value is -2.75. The number of anilines is 1. The third kappa shape index (κ3) is 4.69. The molecule has 1 aliphatic heterocycles. The Morgan fingerprint density at radius 2 is 1.70 bits per heavy atom. The number of carbonyl (C=O) groups is 2. The number of carbonyl (C=O) groups excluding carboxylic acids is 2. The van der Waals surface area contributed by atoms with Crippen molar-refractivity contribution in [2.24, 2.45) is 0 Å². The van der Waals surface area contributed by atoms with Gasteiger partial charge in [-0.3, -0.25) is 4.79 Å². The highest BCUT2D eigenvalue weighted by Gasteiger charge is 2.29. The zero-order chi connectivity index (χ0) is 21.9. The zero-order valence-corrected chi connectivity index (χ0v) is 18.0. The van der Waals surface area contributed by atoms with Crippen molar-refractivity contribution in [2.45, 2.75) is 11.8 Å². The highest BCUT2D eigenvalue weighted by atomic mass is 32.2. The van der Waals surface area contributed by atoms with Crippen molar-refractivity contribution >= 4 is 27.6 Å². The summed E-state index contributed by atoms with van der Waals surface area (Å²) in [5.41, 5.74) is 1.51. The summed E-state index contributed by atoms with van der Waals surface area (Å²) in [5.74, 6) is -0.978. The molecule has 0 bridgehead atoms. The molecule has 0 spiro atoms. The molecule has 0 unspecified atom stereocenters. The van der Waals surface area contributed by atoms with E-state index in [4.69, 9.17) is 0 Å². The van der Waals surface area contributed by atoms with E-state index in [-0.39, 0.29) is 10.5 Å².